The van der Waals surface area contributed by atoms with Gasteiger partial charge in [-0.1, -0.05) is 13.3 Å². The minimum atomic E-state index is -0.262. The molecule has 2 atom stereocenters. The third kappa shape index (κ3) is 1.06. The zero-order valence-corrected chi connectivity index (χ0v) is 6.51. The topological polar surface area (TPSA) is 40.5 Å². The van der Waals surface area contributed by atoms with E-state index >= 15 is 0 Å². The minimum Gasteiger partial charge on any atom is -0.396 e. The Morgan fingerprint density at radius 3 is 2.50 bits per heavy atom. The Morgan fingerprint density at radius 1 is 1.60 bits per heavy atom. The lowest BCUT2D eigenvalue weighted by Gasteiger charge is -2.28. The fourth-order valence-corrected chi connectivity index (χ4v) is 1.83. The molecule has 2 unspecified atom stereocenters. The molecular formula is C8H16O2. The third-order valence-electron chi connectivity index (χ3n) is 2.88. The summed E-state index contributed by atoms with van der Waals surface area (Å²) < 4.78 is 0. The normalized spacial score (nSPS) is 40.5. The van der Waals surface area contributed by atoms with Gasteiger partial charge in [0.1, 0.15) is 0 Å². The highest BCUT2D eigenvalue weighted by Gasteiger charge is 2.39. The van der Waals surface area contributed by atoms with E-state index in [1.54, 1.807) is 0 Å². The van der Waals surface area contributed by atoms with Crippen molar-refractivity contribution in [3.63, 3.8) is 0 Å². The molecule has 2 N–H and O–H groups in total. The van der Waals surface area contributed by atoms with E-state index < -0.39 is 0 Å². The monoisotopic (exact) mass is 144 g/mol. The highest BCUT2D eigenvalue weighted by molar-refractivity contribution is 4.90. The average molecular weight is 144 g/mol. The smallest absolute Gasteiger partial charge is 0.0618 e. The lowest BCUT2D eigenvalue weighted by molar-refractivity contribution is 0.00384. The maximum atomic E-state index is 9.48. The standard InChI is InChI=1S/C8H16O2/c1-2-8(6-9)5-3-4-7(8)10/h7,9-10H,2-6H2,1H3. The van der Waals surface area contributed by atoms with Gasteiger partial charge in [0.25, 0.3) is 0 Å². The van der Waals surface area contributed by atoms with Crippen molar-refractivity contribution in [2.24, 2.45) is 5.41 Å². The van der Waals surface area contributed by atoms with Crippen molar-refractivity contribution >= 4 is 0 Å². The largest absolute Gasteiger partial charge is 0.396 e. The van der Waals surface area contributed by atoms with Crippen molar-refractivity contribution in [1.29, 1.82) is 0 Å². The van der Waals surface area contributed by atoms with Gasteiger partial charge >= 0.3 is 0 Å². The molecule has 0 aromatic rings. The second-order valence-corrected chi connectivity index (χ2v) is 3.28. The van der Waals surface area contributed by atoms with Gasteiger partial charge in [0.05, 0.1) is 12.7 Å². The first-order valence-electron chi connectivity index (χ1n) is 4.04. The molecule has 0 bridgehead atoms. The Labute approximate surface area is 61.9 Å². The molecule has 1 rings (SSSR count). The Kier molecular flexibility index (Phi) is 2.32. The molecule has 0 aromatic carbocycles. The second-order valence-electron chi connectivity index (χ2n) is 3.28. The van der Waals surface area contributed by atoms with Crippen LogP contribution in [0.5, 0.6) is 0 Å². The lowest BCUT2D eigenvalue weighted by Crippen LogP contribution is -2.32. The number of hydrogen-bond donors (Lipinski definition) is 2. The molecule has 60 valence electrons. The van der Waals surface area contributed by atoms with Crippen molar-refractivity contribution in [1.82, 2.24) is 0 Å². The van der Waals surface area contributed by atoms with E-state index in [0.29, 0.717) is 0 Å². The fourth-order valence-electron chi connectivity index (χ4n) is 1.83. The van der Waals surface area contributed by atoms with Crippen LogP contribution in [0.1, 0.15) is 32.6 Å². The summed E-state index contributed by atoms with van der Waals surface area (Å²) in [5.74, 6) is 0. The average Bonchev–Trinajstić information content (AvgIpc) is 2.32. The predicted molar refractivity (Wildman–Crippen MR) is 39.7 cm³/mol. The molecule has 1 fully saturated rings. The van der Waals surface area contributed by atoms with Crippen LogP contribution in [-0.2, 0) is 0 Å². The molecule has 2 nitrogen and oxygen atoms in total. The summed E-state index contributed by atoms with van der Waals surface area (Å²) in [6, 6.07) is 0. The summed E-state index contributed by atoms with van der Waals surface area (Å²) in [4.78, 5) is 0. The molecule has 10 heavy (non-hydrogen) atoms. The summed E-state index contributed by atoms with van der Waals surface area (Å²) in [6.07, 6.45) is 3.55. The van der Waals surface area contributed by atoms with Gasteiger partial charge in [-0.25, -0.2) is 0 Å². The molecule has 0 radical (unpaired) electrons. The summed E-state index contributed by atoms with van der Waals surface area (Å²) >= 11 is 0. The number of hydrogen-bond acceptors (Lipinski definition) is 2. The maximum Gasteiger partial charge on any atom is 0.0618 e. The highest BCUT2D eigenvalue weighted by Crippen LogP contribution is 2.40. The van der Waals surface area contributed by atoms with Gasteiger partial charge in [-0.15, -0.1) is 0 Å². The van der Waals surface area contributed by atoms with Crippen LogP contribution in [0.2, 0.25) is 0 Å². The van der Waals surface area contributed by atoms with Gasteiger partial charge in [-0.3, -0.25) is 0 Å². The zero-order chi connectivity index (χ0) is 7.61. The van der Waals surface area contributed by atoms with Crippen molar-refractivity contribution in [2.75, 3.05) is 6.61 Å². The number of aliphatic hydroxyl groups excluding tert-OH is 2. The molecular weight excluding hydrogens is 128 g/mol. The molecule has 0 aromatic heterocycles. The van der Waals surface area contributed by atoms with E-state index in [1.807, 2.05) is 6.92 Å². The summed E-state index contributed by atoms with van der Waals surface area (Å²) in [7, 11) is 0. The summed E-state index contributed by atoms with van der Waals surface area (Å²) in [5.41, 5.74) is -0.153. The van der Waals surface area contributed by atoms with Crippen LogP contribution in [0.25, 0.3) is 0 Å². The maximum absolute atomic E-state index is 9.48. The molecule has 0 heterocycles. The van der Waals surface area contributed by atoms with E-state index in [9.17, 15) is 5.11 Å². The quantitative estimate of drug-likeness (QED) is 0.605. The molecule has 1 aliphatic rings. The predicted octanol–water partition coefficient (Wildman–Crippen LogP) is 0.920. The van der Waals surface area contributed by atoms with Crippen LogP contribution < -0.4 is 0 Å². The van der Waals surface area contributed by atoms with Gasteiger partial charge in [-0.05, 0) is 19.3 Å². The molecule has 1 saturated carbocycles. The van der Waals surface area contributed by atoms with Crippen LogP contribution in [0.3, 0.4) is 0 Å². The molecule has 0 spiro atoms. The first-order valence-corrected chi connectivity index (χ1v) is 4.04. The summed E-state index contributed by atoms with van der Waals surface area (Å²) in [5, 5.41) is 18.5. The van der Waals surface area contributed by atoms with Crippen LogP contribution in [0, 0.1) is 5.41 Å². The molecule has 2 heteroatoms. The first-order chi connectivity index (χ1) is 4.75. The van der Waals surface area contributed by atoms with Crippen molar-refractivity contribution in [3.05, 3.63) is 0 Å². The fraction of sp³-hybridized carbons (Fsp3) is 1.00. The SMILES string of the molecule is CCC1(CO)CCCC1O. The summed E-state index contributed by atoms with van der Waals surface area (Å²) in [6.45, 7) is 2.18. The van der Waals surface area contributed by atoms with Crippen molar-refractivity contribution < 1.29 is 10.2 Å². The van der Waals surface area contributed by atoms with E-state index in [4.69, 9.17) is 5.11 Å². The molecule has 1 aliphatic carbocycles. The second kappa shape index (κ2) is 2.89. The first kappa shape index (κ1) is 8.02. The Balaban J connectivity index is 2.61. The third-order valence-corrected chi connectivity index (χ3v) is 2.88. The Bertz CT molecular complexity index is 108. The van der Waals surface area contributed by atoms with Gasteiger partial charge < -0.3 is 10.2 Å². The minimum absolute atomic E-state index is 0.144. The highest BCUT2D eigenvalue weighted by atomic mass is 16.3. The van der Waals surface area contributed by atoms with Gasteiger partial charge in [0, 0.05) is 5.41 Å². The van der Waals surface area contributed by atoms with Gasteiger partial charge in [-0.2, -0.15) is 0 Å². The van der Waals surface area contributed by atoms with Crippen LogP contribution in [0.15, 0.2) is 0 Å². The van der Waals surface area contributed by atoms with E-state index in [1.165, 1.54) is 0 Å². The number of aliphatic hydroxyl groups is 2. The Morgan fingerprint density at radius 2 is 2.30 bits per heavy atom. The molecule has 0 saturated heterocycles. The van der Waals surface area contributed by atoms with E-state index in [2.05, 4.69) is 0 Å². The van der Waals surface area contributed by atoms with Crippen LogP contribution in [-0.4, -0.2) is 22.9 Å². The molecule has 0 amide bonds. The number of rotatable bonds is 2. The van der Waals surface area contributed by atoms with Crippen LogP contribution in [0.4, 0.5) is 0 Å². The van der Waals surface area contributed by atoms with Crippen LogP contribution >= 0.6 is 0 Å². The van der Waals surface area contributed by atoms with E-state index in [-0.39, 0.29) is 18.1 Å². The Hall–Kier alpha value is -0.0800. The lowest BCUT2D eigenvalue weighted by atomic mass is 9.82. The van der Waals surface area contributed by atoms with Gasteiger partial charge in [0.2, 0.25) is 0 Å². The zero-order valence-electron chi connectivity index (χ0n) is 6.51. The van der Waals surface area contributed by atoms with Crippen molar-refractivity contribution in [2.45, 2.75) is 38.7 Å². The molecule has 0 aliphatic heterocycles. The van der Waals surface area contributed by atoms with E-state index in [0.717, 1.165) is 25.7 Å². The van der Waals surface area contributed by atoms with Crippen molar-refractivity contribution in [3.8, 4) is 0 Å². The van der Waals surface area contributed by atoms with Gasteiger partial charge in [0.15, 0.2) is 0 Å².